The molecule has 1 aromatic carbocycles. The Morgan fingerprint density at radius 3 is 2.33 bits per heavy atom. The third-order valence-corrected chi connectivity index (χ3v) is 5.04. The number of nitrogens with zero attached hydrogens (tertiary/aromatic N) is 2. The van der Waals surface area contributed by atoms with Crippen molar-refractivity contribution in [1.29, 1.82) is 0 Å². The molecule has 1 unspecified atom stereocenters. The Balaban J connectivity index is 2.24. The average molecular weight is 391 g/mol. The molecule has 0 amide bonds. The van der Waals surface area contributed by atoms with Crippen molar-refractivity contribution in [2.75, 3.05) is 0 Å². The molecule has 2 rings (SSSR count). The minimum absolute atomic E-state index is 0.00824. The highest BCUT2D eigenvalue weighted by molar-refractivity contribution is 9.10. The van der Waals surface area contributed by atoms with E-state index in [-0.39, 0.29) is 16.2 Å². The van der Waals surface area contributed by atoms with Crippen LogP contribution in [0.25, 0.3) is 0 Å². The summed E-state index contributed by atoms with van der Waals surface area (Å²) >= 11 is 8.92. The fourth-order valence-electron chi connectivity index (χ4n) is 1.78. The molecule has 2 aromatic rings. The lowest BCUT2D eigenvalue weighted by atomic mass is 10.1. The van der Waals surface area contributed by atoms with Crippen LogP contribution in [0.1, 0.15) is 24.9 Å². The number of hydrogen-bond donors (Lipinski definition) is 1. The van der Waals surface area contributed by atoms with E-state index < -0.39 is 10.0 Å². The highest BCUT2D eigenvalue weighted by Gasteiger charge is 2.21. The largest absolute Gasteiger partial charge is 0.244 e. The van der Waals surface area contributed by atoms with E-state index in [1.807, 2.05) is 31.2 Å². The summed E-state index contributed by atoms with van der Waals surface area (Å²) in [6, 6.07) is 7.17. The van der Waals surface area contributed by atoms with Gasteiger partial charge >= 0.3 is 0 Å². The number of aromatic nitrogens is 2. The maximum absolute atomic E-state index is 12.3. The maximum Gasteiger partial charge on any atom is 0.244 e. The van der Waals surface area contributed by atoms with Gasteiger partial charge in [-0.2, -0.15) is 0 Å². The second kappa shape index (κ2) is 6.83. The van der Waals surface area contributed by atoms with Crippen molar-refractivity contribution in [1.82, 2.24) is 14.7 Å². The summed E-state index contributed by atoms with van der Waals surface area (Å²) in [5.41, 5.74) is 0.888. The first-order valence-corrected chi connectivity index (χ1v) is 8.83. The highest BCUT2D eigenvalue weighted by atomic mass is 79.9. The van der Waals surface area contributed by atoms with Crippen molar-refractivity contribution in [3.8, 4) is 0 Å². The normalized spacial score (nSPS) is 13.1. The van der Waals surface area contributed by atoms with E-state index in [9.17, 15) is 8.42 Å². The third-order valence-electron chi connectivity index (χ3n) is 2.88. The molecule has 1 N–H and O–H groups in total. The van der Waals surface area contributed by atoms with Crippen LogP contribution in [0.15, 0.2) is 46.0 Å². The first-order valence-electron chi connectivity index (χ1n) is 6.17. The third kappa shape index (κ3) is 4.23. The SMILES string of the molecule is CCC(NS(=O)(=O)c1cnc(Cl)nc1)c1ccc(Br)cc1. The predicted octanol–water partition coefficient (Wildman–Crippen LogP) is 3.32. The van der Waals surface area contributed by atoms with E-state index in [4.69, 9.17) is 11.6 Å². The molecular formula is C13H13BrClN3O2S. The van der Waals surface area contributed by atoms with Crippen LogP contribution in [0.2, 0.25) is 5.28 Å². The summed E-state index contributed by atoms with van der Waals surface area (Å²) in [5.74, 6) is 0. The van der Waals surface area contributed by atoms with E-state index in [2.05, 4.69) is 30.6 Å². The maximum atomic E-state index is 12.3. The molecule has 1 aromatic heterocycles. The Kier molecular flexibility index (Phi) is 5.32. The van der Waals surface area contributed by atoms with Crippen LogP contribution < -0.4 is 4.72 Å². The van der Waals surface area contributed by atoms with Gasteiger partial charge < -0.3 is 0 Å². The number of hydrogen-bond acceptors (Lipinski definition) is 4. The number of benzene rings is 1. The van der Waals surface area contributed by atoms with Crippen molar-refractivity contribution < 1.29 is 8.42 Å². The summed E-state index contributed by atoms with van der Waals surface area (Å²) in [4.78, 5) is 7.37. The van der Waals surface area contributed by atoms with Crippen LogP contribution in [0, 0.1) is 0 Å². The van der Waals surface area contributed by atoms with Gasteiger partial charge in [0, 0.05) is 10.5 Å². The highest BCUT2D eigenvalue weighted by Crippen LogP contribution is 2.21. The Morgan fingerprint density at radius 2 is 1.81 bits per heavy atom. The molecule has 1 heterocycles. The zero-order valence-corrected chi connectivity index (χ0v) is 14.3. The molecular weight excluding hydrogens is 378 g/mol. The molecule has 1 atom stereocenters. The van der Waals surface area contributed by atoms with Crippen molar-refractivity contribution >= 4 is 37.6 Å². The Labute approximate surface area is 137 Å². The molecule has 0 fully saturated rings. The fraction of sp³-hybridized carbons (Fsp3) is 0.231. The smallest absolute Gasteiger partial charge is 0.225 e. The lowest BCUT2D eigenvalue weighted by Gasteiger charge is -2.17. The molecule has 8 heteroatoms. The first-order chi connectivity index (χ1) is 9.92. The van der Waals surface area contributed by atoms with Gasteiger partial charge in [-0.05, 0) is 35.7 Å². The summed E-state index contributed by atoms with van der Waals surface area (Å²) in [6.07, 6.45) is 2.99. The van der Waals surface area contributed by atoms with Gasteiger partial charge in [0.2, 0.25) is 15.3 Å². The van der Waals surface area contributed by atoms with E-state index in [0.717, 1.165) is 10.0 Å². The molecule has 0 aliphatic heterocycles. The van der Waals surface area contributed by atoms with E-state index >= 15 is 0 Å². The molecule has 112 valence electrons. The van der Waals surface area contributed by atoms with Gasteiger partial charge in [-0.25, -0.2) is 23.1 Å². The number of halogens is 2. The molecule has 0 saturated carbocycles. The van der Waals surface area contributed by atoms with E-state index in [0.29, 0.717) is 6.42 Å². The van der Waals surface area contributed by atoms with Gasteiger partial charge in [-0.15, -0.1) is 0 Å². The topological polar surface area (TPSA) is 72.0 Å². The van der Waals surface area contributed by atoms with Crippen LogP contribution in [-0.4, -0.2) is 18.4 Å². The van der Waals surface area contributed by atoms with Crippen LogP contribution >= 0.6 is 27.5 Å². The van der Waals surface area contributed by atoms with E-state index in [1.54, 1.807) is 0 Å². The predicted molar refractivity (Wildman–Crippen MR) is 84.5 cm³/mol. The summed E-state index contributed by atoms with van der Waals surface area (Å²) in [7, 11) is -3.69. The minimum atomic E-state index is -3.69. The van der Waals surface area contributed by atoms with Crippen LogP contribution in [0.3, 0.4) is 0 Å². The molecule has 0 saturated heterocycles. The summed E-state index contributed by atoms with van der Waals surface area (Å²) in [5, 5.41) is 0.00824. The van der Waals surface area contributed by atoms with Crippen LogP contribution in [0.4, 0.5) is 0 Å². The molecule has 0 radical (unpaired) electrons. The molecule has 5 nitrogen and oxygen atoms in total. The number of nitrogens with one attached hydrogen (secondary N) is 1. The quantitative estimate of drug-likeness (QED) is 0.795. The molecule has 0 aliphatic rings. The van der Waals surface area contributed by atoms with Crippen LogP contribution in [-0.2, 0) is 10.0 Å². The molecule has 0 spiro atoms. The van der Waals surface area contributed by atoms with Gasteiger partial charge in [0.05, 0.1) is 12.4 Å². The standard InChI is InChI=1S/C13H13BrClN3O2S/c1-2-12(9-3-5-10(14)6-4-9)18-21(19,20)11-7-16-13(15)17-8-11/h3-8,12,18H,2H2,1H3. The van der Waals surface area contributed by atoms with Crippen molar-refractivity contribution in [3.63, 3.8) is 0 Å². The first kappa shape index (κ1) is 16.4. The Bertz CT molecular complexity index is 705. The monoisotopic (exact) mass is 389 g/mol. The second-order valence-electron chi connectivity index (χ2n) is 4.32. The van der Waals surface area contributed by atoms with Crippen molar-refractivity contribution in [2.45, 2.75) is 24.3 Å². The Hall–Kier alpha value is -1.02. The summed E-state index contributed by atoms with van der Waals surface area (Å²) < 4.78 is 28.2. The minimum Gasteiger partial charge on any atom is -0.225 e. The molecule has 0 bridgehead atoms. The Morgan fingerprint density at radius 1 is 1.24 bits per heavy atom. The van der Waals surface area contributed by atoms with Crippen LogP contribution in [0.5, 0.6) is 0 Å². The fourth-order valence-corrected chi connectivity index (χ4v) is 3.33. The second-order valence-corrected chi connectivity index (χ2v) is 7.29. The van der Waals surface area contributed by atoms with Gasteiger partial charge in [0.1, 0.15) is 4.90 Å². The summed E-state index contributed by atoms with van der Waals surface area (Å²) in [6.45, 7) is 1.91. The van der Waals surface area contributed by atoms with Crippen molar-refractivity contribution in [2.24, 2.45) is 0 Å². The lowest BCUT2D eigenvalue weighted by Crippen LogP contribution is -2.28. The number of sulfonamides is 1. The number of rotatable bonds is 5. The average Bonchev–Trinajstić information content (AvgIpc) is 2.46. The van der Waals surface area contributed by atoms with Gasteiger partial charge in [0.15, 0.2) is 0 Å². The lowest BCUT2D eigenvalue weighted by molar-refractivity contribution is 0.549. The van der Waals surface area contributed by atoms with Gasteiger partial charge in [0.25, 0.3) is 0 Å². The molecule has 0 aliphatic carbocycles. The zero-order chi connectivity index (χ0) is 15.5. The van der Waals surface area contributed by atoms with Gasteiger partial charge in [-0.1, -0.05) is 35.0 Å². The van der Waals surface area contributed by atoms with Gasteiger partial charge in [-0.3, -0.25) is 0 Å². The van der Waals surface area contributed by atoms with E-state index in [1.165, 1.54) is 12.4 Å². The molecule has 21 heavy (non-hydrogen) atoms. The zero-order valence-electron chi connectivity index (χ0n) is 11.1. The van der Waals surface area contributed by atoms with Crippen molar-refractivity contribution in [3.05, 3.63) is 52.0 Å².